The lowest BCUT2D eigenvalue weighted by Gasteiger charge is -2.24. The van der Waals surface area contributed by atoms with Crippen LogP contribution in [0.3, 0.4) is 0 Å². The number of carbonyl (C=O) groups is 8. The second kappa shape index (κ2) is 56.3. The van der Waals surface area contributed by atoms with Gasteiger partial charge in [0.1, 0.15) is 0 Å². The van der Waals surface area contributed by atoms with Gasteiger partial charge in [0, 0.05) is 116 Å². The fraction of sp³-hybridized carbons (Fsp3) is 0.659. The minimum absolute atomic E-state index is 0.0920. The molecule has 0 N–H and O–H groups in total. The fourth-order valence-electron chi connectivity index (χ4n) is 3.69. The standard InChI is InChI=1S/C8H12Cl2O2.C8H6Cl2O2.C6H10Cl2O2.2C5H8Cl2O2.C4H6Cl2O2.C3H4Cl2O2.C2H2Cl2O2/c2*9-7(12-8(10)11)6-4-2-1-3-5-6;1-3-4(2)5(7)10-6(8)9;1-3(2)4(6)9-5(7)8;1-2-3-4(6)9-5(7)8;1-2-3(5)8-4(6)7;1-2(4)7-3(5)6;3-1-6-2(4)5/h6-7H,1-5H2;1-5,7H;4-5H,3H2,1-2H3;3-4H,1-2H3;4H,2-3H2,1H3;3H,2H2,1H3;2H,1H3;1H2. The summed E-state index contributed by atoms with van der Waals surface area (Å²) in [5.41, 5.74) is -10.5. The highest BCUT2D eigenvalue weighted by Gasteiger charge is 2.24. The number of ether oxygens (including phenoxy) is 8. The van der Waals surface area contributed by atoms with E-state index in [1.54, 1.807) is 31.2 Å². The van der Waals surface area contributed by atoms with Crippen molar-refractivity contribution in [3.8, 4) is 0 Å². The smallest absolute Gasteiger partial charge is 0.405 e. The summed E-state index contributed by atoms with van der Waals surface area (Å²) in [6.45, 7) is 12.7. The van der Waals surface area contributed by atoms with Gasteiger partial charge in [0.25, 0.3) is 0 Å². The molecule has 8 atom stereocenters. The van der Waals surface area contributed by atoms with Crippen molar-refractivity contribution >= 4 is 229 Å². The third-order valence-electron chi connectivity index (χ3n) is 7.21. The van der Waals surface area contributed by atoms with Gasteiger partial charge in [-0.1, -0.05) is 190 Å². The Labute approximate surface area is 505 Å². The number of benzene rings is 1. The number of hydrogen-bond acceptors (Lipinski definition) is 16. The summed E-state index contributed by atoms with van der Waals surface area (Å²) in [4.78, 5) is 79.9. The molecule has 73 heavy (non-hydrogen) atoms. The van der Waals surface area contributed by atoms with Crippen molar-refractivity contribution in [2.75, 3.05) is 6.07 Å². The molecule has 1 fully saturated rings. The second-order valence-electron chi connectivity index (χ2n) is 13.3. The zero-order chi connectivity index (χ0) is 58.2. The number of hydrogen-bond donors (Lipinski definition) is 0. The van der Waals surface area contributed by atoms with Gasteiger partial charge < -0.3 is 37.9 Å². The fourth-order valence-corrected chi connectivity index (χ4v) is 6.30. The largest absolute Gasteiger partial charge is 0.437 e. The van der Waals surface area contributed by atoms with Gasteiger partial charge in [-0.15, -0.1) is 0 Å². The summed E-state index contributed by atoms with van der Waals surface area (Å²) in [7, 11) is 0. The molecule has 1 aromatic rings. The van der Waals surface area contributed by atoms with Crippen molar-refractivity contribution in [3.05, 3.63) is 35.9 Å². The van der Waals surface area contributed by atoms with E-state index in [-0.39, 0.29) is 17.9 Å². The number of rotatable bonds is 16. The van der Waals surface area contributed by atoms with Gasteiger partial charge in [0.2, 0.25) is 5.56 Å². The highest BCUT2D eigenvalue weighted by molar-refractivity contribution is 6.63. The Hall–Kier alpha value is -0.380. The quantitative estimate of drug-likeness (QED) is 0.0856. The Morgan fingerprint density at radius 3 is 1.19 bits per heavy atom. The first-order chi connectivity index (χ1) is 33.7. The van der Waals surface area contributed by atoms with Crippen molar-refractivity contribution in [2.45, 2.75) is 145 Å². The Balaban J connectivity index is -0.000000177. The third kappa shape index (κ3) is 71.6. The van der Waals surface area contributed by atoms with Gasteiger partial charge in [-0.05, 0) is 39.0 Å². The molecule has 0 amide bonds. The monoisotopic (exact) mass is 1360 g/mol. The van der Waals surface area contributed by atoms with E-state index >= 15 is 0 Å². The average Bonchev–Trinajstić information content (AvgIpc) is 3.26. The molecule has 16 nitrogen and oxygen atoms in total. The van der Waals surface area contributed by atoms with Crippen molar-refractivity contribution in [1.29, 1.82) is 0 Å². The van der Waals surface area contributed by atoms with Crippen LogP contribution in [-0.4, -0.2) is 82.9 Å². The Morgan fingerprint density at radius 2 is 0.918 bits per heavy atom. The van der Waals surface area contributed by atoms with E-state index in [0.717, 1.165) is 25.7 Å². The minimum atomic E-state index is -0.904. The molecule has 0 heterocycles. The lowest BCUT2D eigenvalue weighted by atomic mass is 9.90. The molecule has 1 aliphatic rings. The summed E-state index contributed by atoms with van der Waals surface area (Å²) in [5, 5.41) is 0. The molecule has 428 valence electrons. The Morgan fingerprint density at radius 1 is 0.507 bits per heavy atom. The number of halogens is 16. The van der Waals surface area contributed by atoms with Gasteiger partial charge in [0.15, 0.2) is 39.4 Å². The topological polar surface area (TPSA) is 210 Å². The molecule has 0 bridgehead atoms. The molecule has 1 aromatic carbocycles. The van der Waals surface area contributed by atoms with Crippen molar-refractivity contribution < 1.29 is 76.3 Å². The van der Waals surface area contributed by atoms with Gasteiger partial charge >= 0.3 is 43.4 Å². The molecular formula is C41H56Cl16O16. The average molecular weight is 1370 g/mol. The van der Waals surface area contributed by atoms with E-state index in [2.05, 4.69) is 49.5 Å². The minimum Gasteiger partial charge on any atom is -0.437 e. The highest BCUT2D eigenvalue weighted by atomic mass is 35.5. The molecule has 0 spiro atoms. The van der Waals surface area contributed by atoms with Crippen LogP contribution in [0.4, 0.5) is 38.4 Å². The first-order valence-corrected chi connectivity index (χ1v) is 27.3. The maximum absolute atomic E-state index is 10.4. The summed E-state index contributed by atoms with van der Waals surface area (Å²) >= 11 is 82.2. The van der Waals surface area contributed by atoms with E-state index in [1.165, 1.54) is 26.2 Å². The van der Waals surface area contributed by atoms with Crippen LogP contribution >= 0.6 is 186 Å². The summed E-state index contributed by atoms with van der Waals surface area (Å²) in [6, 6.07) is 8.76. The van der Waals surface area contributed by atoms with Crippen molar-refractivity contribution in [2.24, 2.45) is 17.8 Å². The molecule has 0 aliphatic heterocycles. The molecule has 8 unspecified atom stereocenters. The van der Waals surface area contributed by atoms with E-state index in [4.69, 9.17) is 174 Å². The van der Waals surface area contributed by atoms with Crippen LogP contribution in [0, 0.1) is 17.8 Å². The Bertz CT molecular complexity index is 1600. The third-order valence-corrected chi connectivity index (χ3v) is 10.7. The lowest BCUT2D eigenvalue weighted by Crippen LogP contribution is -2.21. The van der Waals surface area contributed by atoms with E-state index in [9.17, 15) is 38.4 Å². The van der Waals surface area contributed by atoms with E-state index in [1.807, 2.05) is 40.7 Å². The zero-order valence-corrected chi connectivity index (χ0v) is 51.9. The molecule has 2 rings (SSSR count). The molecule has 0 radical (unpaired) electrons. The number of alkyl halides is 8. The van der Waals surface area contributed by atoms with E-state index in [0.29, 0.717) is 24.3 Å². The molecule has 0 aromatic heterocycles. The van der Waals surface area contributed by atoms with Gasteiger partial charge in [-0.25, -0.2) is 38.4 Å². The molecular weight excluding hydrogens is 1320 g/mol. The molecule has 1 saturated carbocycles. The molecule has 32 heteroatoms. The maximum atomic E-state index is 10.4. The van der Waals surface area contributed by atoms with Crippen LogP contribution in [0.5, 0.6) is 0 Å². The Kier molecular flexibility index (Phi) is 64.8. The van der Waals surface area contributed by atoms with Crippen molar-refractivity contribution in [1.82, 2.24) is 0 Å². The van der Waals surface area contributed by atoms with Gasteiger partial charge in [0.05, 0.1) is 0 Å². The van der Waals surface area contributed by atoms with Crippen LogP contribution in [0.25, 0.3) is 0 Å². The highest BCUT2D eigenvalue weighted by Crippen LogP contribution is 2.30. The van der Waals surface area contributed by atoms with Gasteiger partial charge in [-0.2, -0.15) is 0 Å². The van der Waals surface area contributed by atoms with Gasteiger partial charge in [-0.3, -0.25) is 0 Å². The van der Waals surface area contributed by atoms with Crippen LogP contribution in [0.2, 0.25) is 0 Å². The maximum Gasteiger partial charge on any atom is 0.405 e. The molecule has 1 aliphatic carbocycles. The van der Waals surface area contributed by atoms with Crippen LogP contribution in [0.1, 0.15) is 117 Å². The number of carbonyl (C=O) groups excluding carboxylic acids is 8. The normalized spacial score (nSPS) is 14.3. The summed E-state index contributed by atoms with van der Waals surface area (Å²) in [5.74, 6) is 0.529. The zero-order valence-electron chi connectivity index (χ0n) is 39.8. The van der Waals surface area contributed by atoms with Crippen LogP contribution < -0.4 is 0 Å². The predicted octanol–water partition coefficient (Wildman–Crippen LogP) is 20.9. The second-order valence-corrected chi connectivity index (χ2v) is 19.3. The first-order valence-electron chi connectivity index (χ1n) is 20.7. The lowest BCUT2D eigenvalue weighted by molar-refractivity contribution is 0.114. The molecule has 0 saturated heterocycles. The summed E-state index contributed by atoms with van der Waals surface area (Å²) in [6.07, 6.45) is 8.63. The first kappa shape index (κ1) is 83.9. The SMILES string of the molecule is CC(C)C(Cl)OC(=O)Cl.CC(Cl)OC(=O)Cl.CCC(C)C(Cl)OC(=O)Cl.CCC(Cl)OC(=O)Cl.CCCC(Cl)OC(=O)Cl.O=C(Cl)OC(Cl)C1CCCCC1.O=C(Cl)OC(Cl)c1ccccc1.O=C(Cl)OCCl. The van der Waals surface area contributed by atoms with Crippen LogP contribution in [0.15, 0.2) is 30.3 Å². The van der Waals surface area contributed by atoms with Crippen molar-refractivity contribution in [3.63, 3.8) is 0 Å². The van der Waals surface area contributed by atoms with Crippen LogP contribution in [-0.2, 0) is 37.9 Å². The van der Waals surface area contributed by atoms with E-state index < -0.39 is 82.4 Å². The summed E-state index contributed by atoms with van der Waals surface area (Å²) < 4.78 is 34.9. The predicted molar refractivity (Wildman–Crippen MR) is 294 cm³/mol.